The van der Waals surface area contributed by atoms with Crippen molar-refractivity contribution >= 4 is 17.9 Å². The van der Waals surface area contributed by atoms with E-state index in [1.807, 2.05) is 0 Å². The Morgan fingerprint density at radius 1 is 0.529 bits per heavy atom. The predicted octanol–water partition coefficient (Wildman–Crippen LogP) is 6.26. The van der Waals surface area contributed by atoms with Gasteiger partial charge in [0.05, 0.1) is 45.4 Å². The van der Waals surface area contributed by atoms with Crippen LogP contribution >= 0.6 is 0 Å². The SMILES string of the molecule is CCCCCCCCCC/C=C/CCC[N+](CCCC(=O)O)(CCCC(=O)O)CCCC(=O)O. The van der Waals surface area contributed by atoms with Crippen LogP contribution < -0.4 is 0 Å². The minimum absolute atomic E-state index is 0.0797. The number of hydrogen-bond acceptors (Lipinski definition) is 3. The fourth-order valence-electron chi connectivity index (χ4n) is 4.54. The molecule has 0 fully saturated rings. The predicted molar refractivity (Wildman–Crippen MR) is 136 cm³/mol. The molecular formula is C27H50NO6+. The first-order chi connectivity index (χ1) is 16.3. The number of carboxylic acid groups (broad SMARTS) is 3. The van der Waals surface area contributed by atoms with Crippen LogP contribution in [0.1, 0.15) is 116 Å². The van der Waals surface area contributed by atoms with Crippen LogP contribution in [0.4, 0.5) is 0 Å². The molecule has 7 heteroatoms. The van der Waals surface area contributed by atoms with E-state index in [9.17, 15) is 14.4 Å². The zero-order valence-electron chi connectivity index (χ0n) is 21.5. The van der Waals surface area contributed by atoms with E-state index < -0.39 is 17.9 Å². The quantitative estimate of drug-likeness (QED) is 0.0800. The van der Waals surface area contributed by atoms with Gasteiger partial charge in [-0.05, 0) is 19.3 Å². The molecule has 7 nitrogen and oxygen atoms in total. The van der Waals surface area contributed by atoms with Gasteiger partial charge in [-0.2, -0.15) is 0 Å². The number of aliphatic carboxylic acids is 3. The fraction of sp³-hybridized carbons (Fsp3) is 0.815. The molecule has 0 spiro atoms. The van der Waals surface area contributed by atoms with Gasteiger partial charge in [0, 0.05) is 25.7 Å². The standard InChI is InChI=1S/C27H49NO6/c1-2-3-4-5-6-7-8-9-10-11-12-13-14-21-28(22-15-18-25(29)30,23-16-19-26(31)32)24-17-20-27(33)34/h11-12H,2-10,13-24H2,1H3,(H2-,29,30,31,32,33,34)/p+1/b12-11+. The molecule has 0 saturated carbocycles. The minimum atomic E-state index is -0.835. The topological polar surface area (TPSA) is 112 Å². The highest BCUT2D eigenvalue weighted by Gasteiger charge is 2.27. The molecule has 0 aromatic rings. The van der Waals surface area contributed by atoms with Crippen molar-refractivity contribution in [3.05, 3.63) is 12.2 Å². The molecule has 0 aliphatic heterocycles. The molecule has 0 bridgehead atoms. The maximum atomic E-state index is 11.0. The normalized spacial score (nSPS) is 11.8. The van der Waals surface area contributed by atoms with Crippen LogP contribution in [-0.2, 0) is 14.4 Å². The largest absolute Gasteiger partial charge is 0.481 e. The summed E-state index contributed by atoms with van der Waals surface area (Å²) in [6.45, 7) is 5.00. The van der Waals surface area contributed by atoms with Crippen molar-refractivity contribution < 1.29 is 34.2 Å². The highest BCUT2D eigenvalue weighted by Crippen LogP contribution is 2.17. The van der Waals surface area contributed by atoms with E-state index in [0.717, 1.165) is 25.8 Å². The van der Waals surface area contributed by atoms with Gasteiger partial charge < -0.3 is 19.8 Å². The van der Waals surface area contributed by atoms with E-state index in [1.165, 1.54) is 51.4 Å². The fourth-order valence-corrected chi connectivity index (χ4v) is 4.54. The van der Waals surface area contributed by atoms with Gasteiger partial charge in [-0.3, -0.25) is 14.4 Å². The Bertz CT molecular complexity index is 525. The first kappa shape index (κ1) is 32.1. The van der Waals surface area contributed by atoms with E-state index >= 15 is 0 Å². The number of carbonyl (C=O) groups is 3. The van der Waals surface area contributed by atoms with Crippen LogP contribution in [0.5, 0.6) is 0 Å². The highest BCUT2D eigenvalue weighted by molar-refractivity contribution is 5.67. The lowest BCUT2D eigenvalue weighted by Gasteiger charge is -2.39. The van der Waals surface area contributed by atoms with E-state index in [4.69, 9.17) is 15.3 Å². The average molecular weight is 485 g/mol. The first-order valence-corrected chi connectivity index (χ1v) is 13.5. The molecular weight excluding hydrogens is 434 g/mol. The van der Waals surface area contributed by atoms with Gasteiger partial charge in [-0.15, -0.1) is 0 Å². The Labute approximate surface area is 206 Å². The summed E-state index contributed by atoms with van der Waals surface area (Å²) < 4.78 is 0.611. The zero-order chi connectivity index (χ0) is 25.5. The molecule has 0 aliphatic carbocycles. The Morgan fingerprint density at radius 3 is 1.29 bits per heavy atom. The van der Waals surface area contributed by atoms with Crippen molar-refractivity contribution in [3.8, 4) is 0 Å². The molecule has 0 heterocycles. The number of allylic oxidation sites excluding steroid dienone is 2. The lowest BCUT2D eigenvalue weighted by atomic mass is 10.1. The molecule has 34 heavy (non-hydrogen) atoms. The maximum Gasteiger partial charge on any atom is 0.303 e. The van der Waals surface area contributed by atoms with Crippen molar-refractivity contribution in [1.29, 1.82) is 0 Å². The van der Waals surface area contributed by atoms with E-state index in [-0.39, 0.29) is 19.3 Å². The number of unbranched alkanes of at least 4 members (excludes halogenated alkanes) is 9. The molecule has 0 atom stereocenters. The monoisotopic (exact) mass is 484 g/mol. The van der Waals surface area contributed by atoms with E-state index in [1.54, 1.807) is 0 Å². The summed E-state index contributed by atoms with van der Waals surface area (Å²) in [7, 11) is 0. The lowest BCUT2D eigenvalue weighted by molar-refractivity contribution is -0.928. The number of nitrogens with zero attached hydrogens (tertiary/aromatic N) is 1. The van der Waals surface area contributed by atoms with Crippen molar-refractivity contribution in [3.63, 3.8) is 0 Å². The molecule has 198 valence electrons. The third-order valence-electron chi connectivity index (χ3n) is 6.46. The number of carboxylic acids is 3. The Hall–Kier alpha value is -1.89. The molecule has 0 amide bonds. The minimum Gasteiger partial charge on any atom is -0.481 e. The summed E-state index contributed by atoms with van der Waals surface area (Å²) in [5.41, 5.74) is 0. The molecule has 3 N–H and O–H groups in total. The summed E-state index contributed by atoms with van der Waals surface area (Å²) in [4.78, 5) is 33.0. The van der Waals surface area contributed by atoms with Gasteiger partial charge >= 0.3 is 17.9 Å². The molecule has 0 saturated heterocycles. The second-order valence-electron chi connectivity index (χ2n) is 9.61. The van der Waals surface area contributed by atoms with Gasteiger partial charge in [0.25, 0.3) is 0 Å². The van der Waals surface area contributed by atoms with Gasteiger partial charge in [0.2, 0.25) is 0 Å². The highest BCUT2D eigenvalue weighted by atomic mass is 16.4. The average Bonchev–Trinajstić information content (AvgIpc) is 2.76. The second kappa shape index (κ2) is 21.6. The van der Waals surface area contributed by atoms with Crippen LogP contribution in [-0.4, -0.2) is 63.9 Å². The van der Waals surface area contributed by atoms with E-state index in [2.05, 4.69) is 19.1 Å². The zero-order valence-corrected chi connectivity index (χ0v) is 21.5. The molecule has 0 radical (unpaired) electrons. The lowest BCUT2D eigenvalue weighted by Crippen LogP contribution is -2.51. The number of rotatable bonds is 25. The third kappa shape index (κ3) is 20.7. The van der Waals surface area contributed by atoms with Crippen LogP contribution in [0.3, 0.4) is 0 Å². The maximum absolute atomic E-state index is 11.0. The number of hydrogen-bond donors (Lipinski definition) is 3. The summed E-state index contributed by atoms with van der Waals surface area (Å²) >= 11 is 0. The van der Waals surface area contributed by atoms with Gasteiger partial charge in [0.1, 0.15) is 0 Å². The second-order valence-corrected chi connectivity index (χ2v) is 9.61. The van der Waals surface area contributed by atoms with Crippen LogP contribution in [0.2, 0.25) is 0 Å². The Balaban J connectivity index is 4.54. The van der Waals surface area contributed by atoms with Crippen LogP contribution in [0.15, 0.2) is 12.2 Å². The van der Waals surface area contributed by atoms with Gasteiger partial charge in [0.15, 0.2) is 0 Å². The Morgan fingerprint density at radius 2 is 0.882 bits per heavy atom. The summed E-state index contributed by atoms with van der Waals surface area (Å²) in [6, 6.07) is 0. The van der Waals surface area contributed by atoms with Crippen LogP contribution in [0.25, 0.3) is 0 Å². The molecule has 0 aromatic heterocycles. The van der Waals surface area contributed by atoms with E-state index in [0.29, 0.717) is 43.4 Å². The smallest absolute Gasteiger partial charge is 0.303 e. The van der Waals surface area contributed by atoms with Gasteiger partial charge in [-0.25, -0.2) is 0 Å². The first-order valence-electron chi connectivity index (χ1n) is 13.5. The van der Waals surface area contributed by atoms with Crippen molar-refractivity contribution in [2.45, 2.75) is 116 Å². The summed E-state index contributed by atoms with van der Waals surface area (Å²) in [5.74, 6) is -2.51. The summed E-state index contributed by atoms with van der Waals surface area (Å²) in [5, 5.41) is 27.1. The Kier molecular flexibility index (Phi) is 20.4. The molecule has 0 unspecified atom stereocenters. The third-order valence-corrected chi connectivity index (χ3v) is 6.46. The van der Waals surface area contributed by atoms with Crippen molar-refractivity contribution in [2.24, 2.45) is 0 Å². The molecule has 0 aromatic carbocycles. The van der Waals surface area contributed by atoms with Gasteiger partial charge in [-0.1, -0.05) is 64.0 Å². The molecule has 0 aliphatic rings. The summed E-state index contributed by atoms with van der Waals surface area (Å²) in [6.07, 6.45) is 19.8. The van der Waals surface area contributed by atoms with Crippen LogP contribution in [0, 0.1) is 0 Å². The molecule has 0 rings (SSSR count). The van der Waals surface area contributed by atoms with Crippen molar-refractivity contribution in [1.82, 2.24) is 0 Å². The van der Waals surface area contributed by atoms with Crippen molar-refractivity contribution in [2.75, 3.05) is 26.2 Å². The number of quaternary nitrogens is 1.